The van der Waals surface area contributed by atoms with Crippen molar-refractivity contribution in [1.29, 1.82) is 0 Å². The quantitative estimate of drug-likeness (QED) is 0.909. The van der Waals surface area contributed by atoms with Gasteiger partial charge in [0.1, 0.15) is 0 Å². The minimum absolute atomic E-state index is 0.0767. The summed E-state index contributed by atoms with van der Waals surface area (Å²) >= 11 is 0. The van der Waals surface area contributed by atoms with E-state index in [-0.39, 0.29) is 11.8 Å². The summed E-state index contributed by atoms with van der Waals surface area (Å²) in [4.78, 5) is 25.8. The van der Waals surface area contributed by atoms with Gasteiger partial charge in [0, 0.05) is 31.6 Å². The lowest BCUT2D eigenvalue weighted by Gasteiger charge is -2.33. The Morgan fingerprint density at radius 2 is 1.77 bits per heavy atom. The number of amides is 2. The summed E-state index contributed by atoms with van der Waals surface area (Å²) in [6.45, 7) is 4.72. The highest BCUT2D eigenvalue weighted by atomic mass is 16.2. The Labute approximate surface area is 132 Å². The molecule has 0 heterocycles. The Bertz CT molecular complexity index is 504. The first kappa shape index (κ1) is 16.5. The SMILES string of the molecule is CC(=O)N(CCNC(=O)c1ccc(C)cc1)C1CCCCC1. The van der Waals surface area contributed by atoms with E-state index in [1.54, 1.807) is 6.92 Å². The molecule has 120 valence electrons. The van der Waals surface area contributed by atoms with Crippen LogP contribution >= 0.6 is 0 Å². The minimum atomic E-state index is -0.0767. The van der Waals surface area contributed by atoms with Crippen LogP contribution in [0.15, 0.2) is 24.3 Å². The Balaban J connectivity index is 1.83. The first-order chi connectivity index (χ1) is 10.6. The van der Waals surface area contributed by atoms with E-state index in [1.807, 2.05) is 36.1 Å². The molecule has 1 aliphatic rings. The van der Waals surface area contributed by atoms with Crippen molar-refractivity contribution in [2.24, 2.45) is 0 Å². The molecule has 4 heteroatoms. The van der Waals surface area contributed by atoms with Gasteiger partial charge < -0.3 is 10.2 Å². The molecule has 2 amide bonds. The summed E-state index contributed by atoms with van der Waals surface area (Å²) in [7, 11) is 0. The molecular formula is C18H26N2O2. The largest absolute Gasteiger partial charge is 0.350 e. The van der Waals surface area contributed by atoms with Crippen LogP contribution in [-0.2, 0) is 4.79 Å². The Kier molecular flexibility index (Phi) is 5.99. The maximum absolute atomic E-state index is 12.1. The number of carbonyl (C=O) groups is 2. The zero-order valence-corrected chi connectivity index (χ0v) is 13.6. The number of rotatable bonds is 5. The molecular weight excluding hydrogens is 276 g/mol. The molecule has 4 nitrogen and oxygen atoms in total. The van der Waals surface area contributed by atoms with E-state index in [9.17, 15) is 9.59 Å². The third kappa shape index (κ3) is 4.58. The van der Waals surface area contributed by atoms with Gasteiger partial charge in [0.05, 0.1) is 0 Å². The van der Waals surface area contributed by atoms with Crippen LogP contribution in [0.4, 0.5) is 0 Å². The van der Waals surface area contributed by atoms with Crippen LogP contribution in [0, 0.1) is 6.92 Å². The molecule has 0 saturated heterocycles. The van der Waals surface area contributed by atoms with Crippen molar-refractivity contribution in [1.82, 2.24) is 10.2 Å². The number of nitrogens with one attached hydrogen (secondary N) is 1. The maximum atomic E-state index is 12.1. The molecule has 22 heavy (non-hydrogen) atoms. The van der Waals surface area contributed by atoms with Gasteiger partial charge in [0.25, 0.3) is 5.91 Å². The fourth-order valence-corrected chi connectivity index (χ4v) is 3.09. The lowest BCUT2D eigenvalue weighted by atomic mass is 9.94. The van der Waals surface area contributed by atoms with Gasteiger partial charge in [-0.2, -0.15) is 0 Å². The number of benzene rings is 1. The van der Waals surface area contributed by atoms with E-state index in [0.717, 1.165) is 18.4 Å². The number of aryl methyl sites for hydroxylation is 1. The second kappa shape index (κ2) is 7.97. The summed E-state index contributed by atoms with van der Waals surface area (Å²) in [5, 5.41) is 2.91. The van der Waals surface area contributed by atoms with Crippen LogP contribution in [0.2, 0.25) is 0 Å². The topological polar surface area (TPSA) is 49.4 Å². The number of nitrogens with zero attached hydrogens (tertiary/aromatic N) is 1. The first-order valence-electron chi connectivity index (χ1n) is 8.20. The van der Waals surface area contributed by atoms with Gasteiger partial charge in [0.2, 0.25) is 5.91 Å². The first-order valence-corrected chi connectivity index (χ1v) is 8.20. The van der Waals surface area contributed by atoms with Crippen LogP contribution in [0.3, 0.4) is 0 Å². The minimum Gasteiger partial charge on any atom is -0.350 e. The summed E-state index contributed by atoms with van der Waals surface area (Å²) in [5.74, 6) is 0.0311. The van der Waals surface area contributed by atoms with E-state index >= 15 is 0 Å². The van der Waals surface area contributed by atoms with E-state index in [1.165, 1.54) is 19.3 Å². The van der Waals surface area contributed by atoms with E-state index < -0.39 is 0 Å². The van der Waals surface area contributed by atoms with Crippen LogP contribution in [0.25, 0.3) is 0 Å². The highest BCUT2D eigenvalue weighted by Crippen LogP contribution is 2.22. The predicted octanol–water partition coefficient (Wildman–Crippen LogP) is 2.91. The third-order valence-corrected chi connectivity index (χ3v) is 4.37. The highest BCUT2D eigenvalue weighted by Gasteiger charge is 2.22. The van der Waals surface area contributed by atoms with Gasteiger partial charge >= 0.3 is 0 Å². The zero-order valence-electron chi connectivity index (χ0n) is 13.6. The summed E-state index contributed by atoms with van der Waals surface area (Å²) < 4.78 is 0. The lowest BCUT2D eigenvalue weighted by molar-refractivity contribution is -0.131. The van der Waals surface area contributed by atoms with Crippen molar-refractivity contribution in [2.45, 2.75) is 52.0 Å². The smallest absolute Gasteiger partial charge is 0.251 e. The second-order valence-electron chi connectivity index (χ2n) is 6.13. The monoisotopic (exact) mass is 302 g/mol. The molecule has 1 aromatic carbocycles. The molecule has 0 radical (unpaired) electrons. The van der Waals surface area contributed by atoms with E-state index in [4.69, 9.17) is 0 Å². The summed E-state index contributed by atoms with van der Waals surface area (Å²) in [5.41, 5.74) is 1.80. The van der Waals surface area contributed by atoms with Crippen molar-refractivity contribution >= 4 is 11.8 Å². The molecule has 1 aromatic rings. The Morgan fingerprint density at radius 3 is 2.36 bits per heavy atom. The van der Waals surface area contributed by atoms with Crippen LogP contribution in [-0.4, -0.2) is 35.8 Å². The van der Waals surface area contributed by atoms with Crippen molar-refractivity contribution in [3.63, 3.8) is 0 Å². The van der Waals surface area contributed by atoms with Crippen molar-refractivity contribution in [3.8, 4) is 0 Å². The number of hydrogen-bond acceptors (Lipinski definition) is 2. The molecule has 0 aliphatic heterocycles. The van der Waals surface area contributed by atoms with E-state index in [2.05, 4.69) is 5.32 Å². The van der Waals surface area contributed by atoms with Crippen LogP contribution in [0.5, 0.6) is 0 Å². The van der Waals surface area contributed by atoms with Gasteiger partial charge in [-0.05, 0) is 31.9 Å². The molecule has 2 rings (SSSR count). The molecule has 0 spiro atoms. The van der Waals surface area contributed by atoms with Gasteiger partial charge in [-0.3, -0.25) is 9.59 Å². The second-order valence-corrected chi connectivity index (χ2v) is 6.13. The van der Waals surface area contributed by atoms with Crippen molar-refractivity contribution in [3.05, 3.63) is 35.4 Å². The molecule has 0 bridgehead atoms. The van der Waals surface area contributed by atoms with E-state index in [0.29, 0.717) is 24.7 Å². The van der Waals surface area contributed by atoms with Crippen LogP contribution in [0.1, 0.15) is 54.9 Å². The molecule has 1 N–H and O–H groups in total. The van der Waals surface area contributed by atoms with Crippen molar-refractivity contribution < 1.29 is 9.59 Å². The molecule has 1 saturated carbocycles. The third-order valence-electron chi connectivity index (χ3n) is 4.37. The standard InChI is InChI=1S/C18H26N2O2/c1-14-8-10-16(11-9-14)18(22)19-12-13-20(15(2)21)17-6-4-3-5-7-17/h8-11,17H,3-7,12-13H2,1-2H3,(H,19,22). The molecule has 1 aliphatic carbocycles. The van der Waals surface area contributed by atoms with Gasteiger partial charge in [0.15, 0.2) is 0 Å². The number of carbonyl (C=O) groups excluding carboxylic acids is 2. The fraction of sp³-hybridized carbons (Fsp3) is 0.556. The lowest BCUT2D eigenvalue weighted by Crippen LogP contribution is -2.44. The maximum Gasteiger partial charge on any atom is 0.251 e. The molecule has 1 fully saturated rings. The van der Waals surface area contributed by atoms with Crippen LogP contribution < -0.4 is 5.32 Å². The normalized spacial score (nSPS) is 15.4. The Hall–Kier alpha value is -1.84. The zero-order chi connectivity index (χ0) is 15.9. The summed E-state index contributed by atoms with van der Waals surface area (Å²) in [6, 6.07) is 7.86. The van der Waals surface area contributed by atoms with Crippen molar-refractivity contribution in [2.75, 3.05) is 13.1 Å². The Morgan fingerprint density at radius 1 is 1.14 bits per heavy atom. The summed E-state index contributed by atoms with van der Waals surface area (Å²) in [6.07, 6.45) is 5.84. The highest BCUT2D eigenvalue weighted by molar-refractivity contribution is 5.94. The van der Waals surface area contributed by atoms with Gasteiger partial charge in [-0.25, -0.2) is 0 Å². The molecule has 0 atom stereocenters. The number of hydrogen-bond donors (Lipinski definition) is 1. The average molecular weight is 302 g/mol. The molecule has 0 unspecified atom stereocenters. The average Bonchev–Trinajstić information content (AvgIpc) is 2.52. The van der Waals surface area contributed by atoms with Gasteiger partial charge in [-0.15, -0.1) is 0 Å². The molecule has 0 aromatic heterocycles. The van der Waals surface area contributed by atoms with Gasteiger partial charge in [-0.1, -0.05) is 37.0 Å². The predicted molar refractivity (Wildman–Crippen MR) is 87.8 cm³/mol. The fourth-order valence-electron chi connectivity index (χ4n) is 3.09.